The lowest BCUT2D eigenvalue weighted by Crippen LogP contribution is -2.16. The van der Waals surface area contributed by atoms with Crippen molar-refractivity contribution in [2.24, 2.45) is 5.73 Å². The van der Waals surface area contributed by atoms with Crippen LogP contribution in [0.15, 0.2) is 66.9 Å². The number of aromatic nitrogens is 3. The number of nitrogens with two attached hydrogens (primary N) is 1. The zero-order valence-electron chi connectivity index (χ0n) is 18.9. The van der Waals surface area contributed by atoms with Crippen LogP contribution in [0.5, 0.6) is 0 Å². The summed E-state index contributed by atoms with van der Waals surface area (Å²) in [5.74, 6) is -0.466. The van der Waals surface area contributed by atoms with Gasteiger partial charge < -0.3 is 15.6 Å². The van der Waals surface area contributed by atoms with Gasteiger partial charge in [0.25, 0.3) is 5.91 Å². The highest BCUT2D eigenvalue weighted by molar-refractivity contribution is 6.08. The molecule has 0 unspecified atom stereocenters. The topological polar surface area (TPSA) is 77.3 Å². The number of nitrogens with zero attached hydrogens (tertiary/aromatic N) is 3. The van der Waals surface area contributed by atoms with Crippen LogP contribution in [0.4, 0.5) is 0 Å². The molecule has 6 nitrogen and oxygen atoms in total. The van der Waals surface area contributed by atoms with Crippen molar-refractivity contribution in [3.8, 4) is 0 Å². The molecular weight excluding hydrogens is 410 g/mol. The molecule has 5 rings (SSSR count). The van der Waals surface area contributed by atoms with Crippen molar-refractivity contribution < 1.29 is 4.79 Å². The van der Waals surface area contributed by atoms with E-state index in [2.05, 4.69) is 64.4 Å². The molecule has 33 heavy (non-hydrogen) atoms. The van der Waals surface area contributed by atoms with Crippen LogP contribution in [0.25, 0.3) is 27.3 Å². The minimum absolute atomic E-state index is 0.383. The van der Waals surface area contributed by atoms with E-state index in [0.717, 1.165) is 50.0 Å². The number of benzene rings is 2. The minimum Gasteiger partial charge on any atom is -0.364 e. The van der Waals surface area contributed by atoms with E-state index in [1.54, 1.807) is 4.52 Å². The van der Waals surface area contributed by atoms with Crippen LogP contribution in [0.2, 0.25) is 0 Å². The normalized spacial score (nSPS) is 11.7. The van der Waals surface area contributed by atoms with E-state index in [0.29, 0.717) is 5.69 Å². The number of hydrogen-bond donors (Lipinski definition) is 2. The summed E-state index contributed by atoms with van der Waals surface area (Å²) in [4.78, 5) is 11.8. The van der Waals surface area contributed by atoms with E-state index in [9.17, 15) is 4.79 Å². The van der Waals surface area contributed by atoms with E-state index < -0.39 is 5.91 Å². The largest absolute Gasteiger partial charge is 0.364 e. The van der Waals surface area contributed by atoms with Crippen molar-refractivity contribution in [1.29, 1.82) is 0 Å². The smallest absolute Gasteiger partial charge is 0.269 e. The summed E-state index contributed by atoms with van der Waals surface area (Å²) in [6, 6.07) is 21.2. The predicted molar refractivity (Wildman–Crippen MR) is 133 cm³/mol. The van der Waals surface area contributed by atoms with Gasteiger partial charge in [0.2, 0.25) is 0 Å². The fraction of sp³-hybridized carbons (Fsp3) is 0.259. The Bertz CT molecular complexity index is 1450. The highest BCUT2D eigenvalue weighted by atomic mass is 16.1. The van der Waals surface area contributed by atoms with Gasteiger partial charge in [0.15, 0.2) is 5.69 Å². The third-order valence-electron chi connectivity index (χ3n) is 6.39. The summed E-state index contributed by atoms with van der Waals surface area (Å²) in [6.45, 7) is 4.91. The first-order valence-corrected chi connectivity index (χ1v) is 11.6. The second-order valence-corrected chi connectivity index (χ2v) is 8.47. The standard InChI is InChI=1S/C27H29N5O/c1-2-31-23-11-4-3-9-20(23)22-17-19(13-14-24(22)31)18-29-15-7-5-10-21-25-12-6-8-16-32(25)30-26(21)27(28)33/h3-4,6,8-9,11-14,16-17,29H,2,5,7,10,15,18H2,1H3,(H2,28,33). The van der Waals surface area contributed by atoms with Crippen molar-refractivity contribution in [3.63, 3.8) is 0 Å². The molecule has 3 aromatic heterocycles. The van der Waals surface area contributed by atoms with Crippen LogP contribution in [-0.4, -0.2) is 26.6 Å². The van der Waals surface area contributed by atoms with E-state index in [-0.39, 0.29) is 0 Å². The van der Waals surface area contributed by atoms with Crippen molar-refractivity contribution >= 4 is 33.2 Å². The fourth-order valence-corrected chi connectivity index (χ4v) is 4.83. The number of carbonyl (C=O) groups is 1. The molecule has 0 bridgehead atoms. The number of nitrogens with one attached hydrogen (secondary N) is 1. The Morgan fingerprint density at radius 3 is 2.61 bits per heavy atom. The first-order chi connectivity index (χ1) is 16.2. The van der Waals surface area contributed by atoms with Crippen LogP contribution in [0.1, 0.15) is 41.4 Å². The predicted octanol–water partition coefficient (Wildman–Crippen LogP) is 4.67. The molecule has 0 aliphatic heterocycles. The third kappa shape index (κ3) is 3.98. The second kappa shape index (κ2) is 9.08. The maximum absolute atomic E-state index is 11.8. The molecule has 168 valence electrons. The minimum atomic E-state index is -0.466. The van der Waals surface area contributed by atoms with Crippen LogP contribution in [-0.2, 0) is 19.5 Å². The average molecular weight is 440 g/mol. The Morgan fingerprint density at radius 2 is 1.76 bits per heavy atom. The van der Waals surface area contributed by atoms with E-state index in [1.165, 1.54) is 27.4 Å². The molecule has 3 heterocycles. The Kier molecular flexibility index (Phi) is 5.84. The molecule has 1 amide bonds. The van der Waals surface area contributed by atoms with Crippen molar-refractivity contribution in [2.75, 3.05) is 6.54 Å². The number of para-hydroxylation sites is 1. The Balaban J connectivity index is 1.20. The maximum Gasteiger partial charge on any atom is 0.269 e. The summed E-state index contributed by atoms with van der Waals surface area (Å²) >= 11 is 0. The monoisotopic (exact) mass is 439 g/mol. The van der Waals surface area contributed by atoms with E-state index >= 15 is 0 Å². The van der Waals surface area contributed by atoms with E-state index in [4.69, 9.17) is 5.73 Å². The van der Waals surface area contributed by atoms with E-state index in [1.807, 2.05) is 24.4 Å². The number of amides is 1. The SMILES string of the molecule is CCn1c2ccccc2c2cc(CNCCCCc3c(C(N)=O)nn4ccccc34)ccc21. The van der Waals surface area contributed by atoms with Gasteiger partial charge >= 0.3 is 0 Å². The average Bonchev–Trinajstić information content (AvgIpc) is 3.37. The lowest BCUT2D eigenvalue weighted by Gasteiger charge is -2.07. The summed E-state index contributed by atoms with van der Waals surface area (Å²) < 4.78 is 4.11. The van der Waals surface area contributed by atoms with Crippen LogP contribution in [0, 0.1) is 0 Å². The van der Waals surface area contributed by atoms with Gasteiger partial charge in [0.1, 0.15) is 0 Å². The number of unbranched alkanes of at least 4 members (excludes halogenated alkanes) is 1. The van der Waals surface area contributed by atoms with Crippen LogP contribution < -0.4 is 11.1 Å². The van der Waals surface area contributed by atoms with Gasteiger partial charge in [-0.1, -0.05) is 30.3 Å². The summed E-state index contributed by atoms with van der Waals surface area (Å²) in [6.07, 6.45) is 4.61. The summed E-state index contributed by atoms with van der Waals surface area (Å²) in [7, 11) is 0. The molecule has 2 aromatic carbocycles. The zero-order valence-corrected chi connectivity index (χ0v) is 18.9. The molecule has 6 heteroatoms. The Morgan fingerprint density at radius 1 is 0.970 bits per heavy atom. The summed E-state index contributed by atoms with van der Waals surface area (Å²) in [5.41, 5.74) is 11.7. The number of primary amides is 1. The molecular formula is C27H29N5O. The number of pyridine rings is 1. The molecule has 0 spiro atoms. The van der Waals surface area contributed by atoms with Crippen molar-refractivity contribution in [1.82, 2.24) is 19.5 Å². The molecule has 3 N–H and O–H groups in total. The first kappa shape index (κ1) is 21.2. The lowest BCUT2D eigenvalue weighted by molar-refractivity contribution is 0.0994. The second-order valence-electron chi connectivity index (χ2n) is 8.47. The molecule has 0 aliphatic rings. The number of fused-ring (bicyclic) bond motifs is 4. The first-order valence-electron chi connectivity index (χ1n) is 11.6. The molecule has 5 aromatic rings. The molecule has 0 radical (unpaired) electrons. The number of hydrogen-bond acceptors (Lipinski definition) is 3. The lowest BCUT2D eigenvalue weighted by atomic mass is 10.1. The molecule has 0 fully saturated rings. The number of aryl methyl sites for hydroxylation is 2. The van der Waals surface area contributed by atoms with Crippen LogP contribution in [0.3, 0.4) is 0 Å². The van der Waals surface area contributed by atoms with Gasteiger partial charge in [-0.3, -0.25) is 4.79 Å². The van der Waals surface area contributed by atoms with Crippen molar-refractivity contribution in [3.05, 3.63) is 83.7 Å². The quantitative estimate of drug-likeness (QED) is 0.328. The van der Waals surface area contributed by atoms with Gasteiger partial charge in [-0.05, 0) is 68.6 Å². The van der Waals surface area contributed by atoms with Gasteiger partial charge in [-0.2, -0.15) is 5.10 Å². The van der Waals surface area contributed by atoms with Crippen LogP contribution >= 0.6 is 0 Å². The highest BCUT2D eigenvalue weighted by Gasteiger charge is 2.16. The number of carbonyl (C=O) groups excluding carboxylic acids is 1. The summed E-state index contributed by atoms with van der Waals surface area (Å²) in [5, 5.41) is 10.5. The zero-order chi connectivity index (χ0) is 22.8. The highest BCUT2D eigenvalue weighted by Crippen LogP contribution is 2.29. The third-order valence-corrected chi connectivity index (χ3v) is 6.39. The molecule has 0 atom stereocenters. The molecule has 0 saturated carbocycles. The number of rotatable bonds is 9. The van der Waals surface area contributed by atoms with Crippen molar-refractivity contribution in [2.45, 2.75) is 39.3 Å². The van der Waals surface area contributed by atoms with Gasteiger partial charge in [0.05, 0.1) is 5.52 Å². The maximum atomic E-state index is 11.8. The van der Waals surface area contributed by atoms with Gasteiger partial charge in [0, 0.05) is 46.7 Å². The fourth-order valence-electron chi connectivity index (χ4n) is 4.83. The van der Waals surface area contributed by atoms with Gasteiger partial charge in [-0.25, -0.2) is 4.52 Å². The Hall–Kier alpha value is -3.64. The molecule has 0 saturated heterocycles. The van der Waals surface area contributed by atoms with Gasteiger partial charge in [-0.15, -0.1) is 0 Å². The molecule has 0 aliphatic carbocycles. The Labute approximate surface area is 193 Å².